The highest BCUT2D eigenvalue weighted by molar-refractivity contribution is 6.03. The summed E-state index contributed by atoms with van der Waals surface area (Å²) in [6.45, 7) is 3.90. The molecule has 0 saturated carbocycles. The van der Waals surface area contributed by atoms with Crippen LogP contribution in [0.1, 0.15) is 40.2 Å². The smallest absolute Gasteiger partial charge is 0.291 e. The van der Waals surface area contributed by atoms with Crippen LogP contribution in [0.2, 0.25) is 0 Å². The van der Waals surface area contributed by atoms with Gasteiger partial charge >= 0.3 is 0 Å². The molecule has 26 heavy (non-hydrogen) atoms. The number of likely N-dealkylation sites (tertiary alicyclic amines) is 2. The van der Waals surface area contributed by atoms with Gasteiger partial charge in [0.05, 0.1) is 6.26 Å². The third-order valence-corrected chi connectivity index (χ3v) is 5.22. The summed E-state index contributed by atoms with van der Waals surface area (Å²) < 4.78 is 5.10. The third kappa shape index (κ3) is 3.51. The van der Waals surface area contributed by atoms with E-state index in [1.165, 1.54) is 19.1 Å². The first-order valence-electron chi connectivity index (χ1n) is 9.19. The fraction of sp³-hybridized carbons (Fsp3) is 0.400. The first-order valence-corrected chi connectivity index (χ1v) is 9.19. The van der Waals surface area contributed by atoms with Crippen LogP contribution in [-0.4, -0.2) is 53.8 Å². The van der Waals surface area contributed by atoms with Crippen LogP contribution >= 0.6 is 0 Å². The Balaban J connectivity index is 1.41. The van der Waals surface area contributed by atoms with Crippen molar-refractivity contribution in [2.75, 3.05) is 31.5 Å². The van der Waals surface area contributed by atoms with Crippen molar-refractivity contribution in [2.24, 2.45) is 0 Å². The summed E-state index contributed by atoms with van der Waals surface area (Å²) >= 11 is 0. The maximum absolute atomic E-state index is 12.9. The molecule has 2 fully saturated rings. The van der Waals surface area contributed by atoms with Crippen LogP contribution in [-0.2, 0) is 0 Å². The number of nitrogens with zero attached hydrogens (tertiary/aromatic N) is 2. The molecular formula is C20H23N3O3. The van der Waals surface area contributed by atoms with E-state index in [9.17, 15) is 9.59 Å². The lowest BCUT2D eigenvalue weighted by molar-refractivity contribution is 0.0779. The highest BCUT2D eigenvalue weighted by Crippen LogP contribution is 2.22. The van der Waals surface area contributed by atoms with Gasteiger partial charge in [-0.3, -0.25) is 14.5 Å². The number of carbonyl (C=O) groups excluding carboxylic acids is 2. The molecular weight excluding hydrogens is 330 g/mol. The fourth-order valence-electron chi connectivity index (χ4n) is 3.84. The van der Waals surface area contributed by atoms with Gasteiger partial charge in [-0.2, -0.15) is 0 Å². The number of nitrogens with one attached hydrogen (secondary N) is 1. The van der Waals surface area contributed by atoms with E-state index < -0.39 is 0 Å². The molecule has 0 radical (unpaired) electrons. The largest absolute Gasteiger partial charge is 0.459 e. The Morgan fingerprint density at radius 1 is 1.08 bits per heavy atom. The summed E-state index contributed by atoms with van der Waals surface area (Å²) in [5.41, 5.74) is 1.19. The van der Waals surface area contributed by atoms with Crippen LogP contribution in [0, 0.1) is 0 Å². The summed E-state index contributed by atoms with van der Waals surface area (Å²) in [7, 11) is 0. The van der Waals surface area contributed by atoms with E-state index in [0.29, 0.717) is 17.3 Å². The monoisotopic (exact) mass is 353 g/mol. The van der Waals surface area contributed by atoms with Crippen molar-refractivity contribution in [3.8, 4) is 0 Å². The Kier molecular flexibility index (Phi) is 4.75. The predicted molar refractivity (Wildman–Crippen MR) is 98.2 cm³/mol. The molecule has 3 heterocycles. The maximum Gasteiger partial charge on any atom is 0.291 e. The van der Waals surface area contributed by atoms with Gasteiger partial charge in [0.15, 0.2) is 5.76 Å². The van der Waals surface area contributed by atoms with Gasteiger partial charge in [-0.25, -0.2) is 0 Å². The number of rotatable bonds is 4. The molecule has 2 saturated heterocycles. The number of anilines is 1. The molecule has 4 rings (SSSR count). The third-order valence-electron chi connectivity index (χ3n) is 5.22. The highest BCUT2D eigenvalue weighted by atomic mass is 16.3. The average Bonchev–Trinajstić information content (AvgIpc) is 3.43. The van der Waals surface area contributed by atoms with Crippen molar-refractivity contribution >= 4 is 17.5 Å². The second-order valence-corrected chi connectivity index (χ2v) is 6.95. The van der Waals surface area contributed by atoms with E-state index in [0.717, 1.165) is 32.6 Å². The van der Waals surface area contributed by atoms with E-state index in [4.69, 9.17) is 4.42 Å². The van der Waals surface area contributed by atoms with Gasteiger partial charge < -0.3 is 14.6 Å². The second kappa shape index (κ2) is 7.33. The lowest BCUT2D eigenvalue weighted by Gasteiger charge is -2.23. The minimum atomic E-state index is -0.324. The SMILES string of the molecule is O=C(Nc1cccc(C(=O)N2CC[C@H](N3CCCC3)C2)c1)c1ccco1. The van der Waals surface area contributed by atoms with E-state index in [1.807, 2.05) is 4.90 Å². The summed E-state index contributed by atoms with van der Waals surface area (Å²) in [5, 5.41) is 2.77. The zero-order valence-electron chi connectivity index (χ0n) is 14.7. The Morgan fingerprint density at radius 3 is 2.69 bits per heavy atom. The van der Waals surface area contributed by atoms with Crippen LogP contribution < -0.4 is 5.32 Å². The van der Waals surface area contributed by atoms with Crippen molar-refractivity contribution in [3.05, 3.63) is 54.0 Å². The lowest BCUT2D eigenvalue weighted by Crippen LogP contribution is -2.37. The van der Waals surface area contributed by atoms with E-state index in [2.05, 4.69) is 10.2 Å². The van der Waals surface area contributed by atoms with Gasteiger partial charge in [0.1, 0.15) is 0 Å². The van der Waals surface area contributed by atoms with Gasteiger partial charge in [0, 0.05) is 30.4 Å². The number of benzene rings is 1. The highest BCUT2D eigenvalue weighted by Gasteiger charge is 2.31. The van der Waals surface area contributed by atoms with Crippen molar-refractivity contribution in [1.29, 1.82) is 0 Å². The molecule has 1 aromatic carbocycles. The molecule has 2 aliphatic heterocycles. The lowest BCUT2D eigenvalue weighted by atomic mass is 10.1. The Morgan fingerprint density at radius 2 is 1.92 bits per heavy atom. The number of carbonyl (C=O) groups is 2. The number of hydrogen-bond donors (Lipinski definition) is 1. The quantitative estimate of drug-likeness (QED) is 0.918. The van der Waals surface area contributed by atoms with E-state index in [-0.39, 0.29) is 17.6 Å². The van der Waals surface area contributed by atoms with Crippen molar-refractivity contribution in [1.82, 2.24) is 9.80 Å². The Bertz CT molecular complexity index is 781. The molecule has 2 aromatic rings. The van der Waals surface area contributed by atoms with Crippen LogP contribution in [0.5, 0.6) is 0 Å². The standard InChI is InChI=1S/C20H23N3O3/c24-19(18-7-4-12-26-18)21-16-6-3-5-15(13-16)20(25)23-11-8-17(14-23)22-9-1-2-10-22/h3-7,12-13,17H,1-2,8-11,14H2,(H,21,24)/t17-/m0/s1. The summed E-state index contributed by atoms with van der Waals surface area (Å²) in [5.74, 6) is -0.0506. The maximum atomic E-state index is 12.9. The van der Waals surface area contributed by atoms with Gasteiger partial charge in [0.2, 0.25) is 0 Å². The van der Waals surface area contributed by atoms with Crippen LogP contribution in [0.25, 0.3) is 0 Å². The fourth-order valence-corrected chi connectivity index (χ4v) is 3.84. The molecule has 6 nitrogen and oxygen atoms in total. The average molecular weight is 353 g/mol. The van der Waals surface area contributed by atoms with Crippen molar-refractivity contribution < 1.29 is 14.0 Å². The van der Waals surface area contributed by atoms with Gasteiger partial charge in [-0.15, -0.1) is 0 Å². The van der Waals surface area contributed by atoms with Crippen molar-refractivity contribution in [3.63, 3.8) is 0 Å². The van der Waals surface area contributed by atoms with Gasteiger partial charge in [0.25, 0.3) is 11.8 Å². The molecule has 0 bridgehead atoms. The Hall–Kier alpha value is -2.60. The molecule has 1 N–H and O–H groups in total. The molecule has 0 aliphatic carbocycles. The minimum Gasteiger partial charge on any atom is -0.459 e. The summed E-state index contributed by atoms with van der Waals surface area (Å²) in [4.78, 5) is 29.4. The topological polar surface area (TPSA) is 65.8 Å². The zero-order valence-corrected chi connectivity index (χ0v) is 14.7. The summed E-state index contributed by atoms with van der Waals surface area (Å²) in [6, 6.07) is 10.9. The van der Waals surface area contributed by atoms with Crippen LogP contribution in [0.3, 0.4) is 0 Å². The number of furan rings is 1. The molecule has 0 unspecified atom stereocenters. The minimum absolute atomic E-state index is 0.0285. The first kappa shape index (κ1) is 16.8. The molecule has 6 heteroatoms. The molecule has 0 spiro atoms. The normalized spacial score (nSPS) is 20.5. The zero-order chi connectivity index (χ0) is 17.9. The molecule has 1 atom stereocenters. The predicted octanol–water partition coefficient (Wildman–Crippen LogP) is 2.84. The molecule has 1 aromatic heterocycles. The van der Waals surface area contributed by atoms with Crippen LogP contribution in [0.4, 0.5) is 5.69 Å². The Labute approximate surface area is 152 Å². The molecule has 2 aliphatic rings. The number of amides is 2. The number of hydrogen-bond acceptors (Lipinski definition) is 4. The molecule has 136 valence electrons. The van der Waals surface area contributed by atoms with Crippen LogP contribution in [0.15, 0.2) is 47.1 Å². The van der Waals surface area contributed by atoms with E-state index in [1.54, 1.807) is 36.4 Å². The summed E-state index contributed by atoms with van der Waals surface area (Å²) in [6.07, 6.45) is 5.03. The van der Waals surface area contributed by atoms with Gasteiger partial charge in [-0.1, -0.05) is 6.07 Å². The van der Waals surface area contributed by atoms with E-state index >= 15 is 0 Å². The van der Waals surface area contributed by atoms with Gasteiger partial charge in [-0.05, 0) is 62.7 Å². The second-order valence-electron chi connectivity index (χ2n) is 6.95. The molecule has 2 amide bonds. The van der Waals surface area contributed by atoms with Crippen molar-refractivity contribution in [2.45, 2.75) is 25.3 Å². The first-order chi connectivity index (χ1) is 12.7.